The van der Waals surface area contributed by atoms with Crippen molar-refractivity contribution < 1.29 is 9.53 Å². The molecule has 3 aromatic rings. The van der Waals surface area contributed by atoms with Crippen LogP contribution in [0.3, 0.4) is 0 Å². The van der Waals surface area contributed by atoms with Crippen molar-refractivity contribution >= 4 is 34.2 Å². The minimum absolute atomic E-state index is 0.141. The van der Waals surface area contributed by atoms with Crippen LogP contribution >= 0.6 is 11.6 Å². The van der Waals surface area contributed by atoms with Crippen LogP contribution < -0.4 is 15.6 Å². The number of halogens is 1. The standard InChI is InChI=1S/C17H14ClN3O3/c1-24-15-7-6-11(18)8-13(15)20-16(22)10-21-14-5-3-2-4-12(14)19-9-17(21)23/h2-9H,10H2,1H3,(H,20,22). The minimum Gasteiger partial charge on any atom is -0.495 e. The Hall–Kier alpha value is -2.86. The van der Waals surface area contributed by atoms with E-state index in [-0.39, 0.29) is 18.0 Å². The number of ether oxygens (including phenoxy) is 1. The molecular formula is C17H14ClN3O3. The van der Waals surface area contributed by atoms with Gasteiger partial charge in [-0.2, -0.15) is 0 Å². The molecular weight excluding hydrogens is 330 g/mol. The number of carbonyl (C=O) groups excluding carboxylic acids is 1. The van der Waals surface area contributed by atoms with E-state index in [1.54, 1.807) is 36.4 Å². The predicted molar refractivity (Wildman–Crippen MR) is 92.6 cm³/mol. The van der Waals surface area contributed by atoms with Crippen LogP contribution in [-0.4, -0.2) is 22.6 Å². The lowest BCUT2D eigenvalue weighted by molar-refractivity contribution is -0.116. The number of nitrogens with zero attached hydrogens (tertiary/aromatic N) is 2. The van der Waals surface area contributed by atoms with Crippen molar-refractivity contribution in [1.82, 2.24) is 9.55 Å². The fraction of sp³-hybridized carbons (Fsp3) is 0.118. The highest BCUT2D eigenvalue weighted by atomic mass is 35.5. The van der Waals surface area contributed by atoms with Crippen LogP contribution in [-0.2, 0) is 11.3 Å². The molecule has 0 spiro atoms. The van der Waals surface area contributed by atoms with Crippen molar-refractivity contribution in [3.63, 3.8) is 0 Å². The van der Waals surface area contributed by atoms with Crippen molar-refractivity contribution in [2.45, 2.75) is 6.54 Å². The molecule has 2 aromatic carbocycles. The second kappa shape index (κ2) is 6.72. The number of aromatic nitrogens is 2. The van der Waals surface area contributed by atoms with Crippen LogP contribution in [0.2, 0.25) is 5.02 Å². The summed E-state index contributed by atoms with van der Waals surface area (Å²) in [4.78, 5) is 28.5. The minimum atomic E-state index is -0.367. The Balaban J connectivity index is 1.90. The molecule has 1 N–H and O–H groups in total. The fourth-order valence-corrected chi connectivity index (χ4v) is 2.56. The molecule has 1 aromatic heterocycles. The first-order chi connectivity index (χ1) is 11.6. The van der Waals surface area contributed by atoms with Gasteiger partial charge in [0.25, 0.3) is 5.56 Å². The normalized spacial score (nSPS) is 10.6. The second-order valence-electron chi connectivity index (χ2n) is 5.06. The first kappa shape index (κ1) is 16.0. The molecule has 0 aliphatic heterocycles. The van der Waals surface area contributed by atoms with Crippen molar-refractivity contribution in [1.29, 1.82) is 0 Å². The summed E-state index contributed by atoms with van der Waals surface area (Å²) in [6.07, 6.45) is 1.20. The lowest BCUT2D eigenvalue weighted by Crippen LogP contribution is -2.28. The molecule has 0 atom stereocenters. The molecule has 7 heteroatoms. The van der Waals surface area contributed by atoms with Crippen LogP contribution in [0.15, 0.2) is 53.5 Å². The van der Waals surface area contributed by atoms with Gasteiger partial charge in [0, 0.05) is 5.02 Å². The zero-order chi connectivity index (χ0) is 17.1. The first-order valence-corrected chi connectivity index (χ1v) is 7.54. The van der Waals surface area contributed by atoms with Gasteiger partial charge in [-0.3, -0.25) is 14.2 Å². The summed E-state index contributed by atoms with van der Waals surface area (Å²) < 4.78 is 6.56. The summed E-state index contributed by atoms with van der Waals surface area (Å²) >= 11 is 5.95. The van der Waals surface area contributed by atoms with Gasteiger partial charge in [0.15, 0.2) is 0 Å². The lowest BCUT2D eigenvalue weighted by atomic mass is 10.2. The molecule has 6 nitrogen and oxygen atoms in total. The number of para-hydroxylation sites is 2. The molecule has 0 fully saturated rings. The van der Waals surface area contributed by atoms with Gasteiger partial charge in [-0.15, -0.1) is 0 Å². The Morgan fingerprint density at radius 3 is 2.88 bits per heavy atom. The Labute approximate surface area is 142 Å². The van der Waals surface area contributed by atoms with Gasteiger partial charge >= 0.3 is 0 Å². The van der Waals surface area contributed by atoms with Crippen molar-refractivity contribution in [3.8, 4) is 5.75 Å². The summed E-state index contributed by atoms with van der Waals surface area (Å²) in [6, 6.07) is 12.0. The fourth-order valence-electron chi connectivity index (χ4n) is 2.39. The maximum absolute atomic E-state index is 12.4. The molecule has 0 saturated carbocycles. The average molecular weight is 344 g/mol. The molecule has 0 aliphatic rings. The topological polar surface area (TPSA) is 73.2 Å². The molecule has 0 saturated heterocycles. The van der Waals surface area contributed by atoms with Crippen LogP contribution in [0.1, 0.15) is 0 Å². The molecule has 122 valence electrons. The number of rotatable bonds is 4. The molecule has 1 amide bonds. The zero-order valence-corrected chi connectivity index (χ0v) is 13.6. The maximum Gasteiger partial charge on any atom is 0.269 e. The highest BCUT2D eigenvalue weighted by Crippen LogP contribution is 2.27. The Morgan fingerprint density at radius 2 is 2.08 bits per heavy atom. The number of hydrogen-bond donors (Lipinski definition) is 1. The van der Waals surface area contributed by atoms with E-state index in [4.69, 9.17) is 16.3 Å². The van der Waals surface area contributed by atoms with E-state index in [2.05, 4.69) is 10.3 Å². The molecule has 24 heavy (non-hydrogen) atoms. The first-order valence-electron chi connectivity index (χ1n) is 7.16. The molecule has 3 rings (SSSR count). The molecule has 0 unspecified atom stereocenters. The summed E-state index contributed by atoms with van der Waals surface area (Å²) in [5.74, 6) is 0.119. The Kier molecular flexibility index (Phi) is 4.48. The summed E-state index contributed by atoms with van der Waals surface area (Å²) in [5.41, 5.74) is 1.34. The third-order valence-electron chi connectivity index (χ3n) is 3.49. The van der Waals surface area contributed by atoms with E-state index in [1.807, 2.05) is 6.07 Å². The summed E-state index contributed by atoms with van der Waals surface area (Å²) in [5, 5.41) is 3.18. The molecule has 1 heterocycles. The second-order valence-corrected chi connectivity index (χ2v) is 5.50. The Morgan fingerprint density at radius 1 is 1.29 bits per heavy atom. The van der Waals surface area contributed by atoms with Crippen LogP contribution in [0, 0.1) is 0 Å². The van der Waals surface area contributed by atoms with Crippen LogP contribution in [0.4, 0.5) is 5.69 Å². The number of benzene rings is 2. The zero-order valence-electron chi connectivity index (χ0n) is 12.8. The highest BCUT2D eigenvalue weighted by molar-refractivity contribution is 6.31. The van der Waals surface area contributed by atoms with E-state index in [0.717, 1.165) is 0 Å². The molecule has 0 bridgehead atoms. The van der Waals surface area contributed by atoms with E-state index < -0.39 is 0 Å². The van der Waals surface area contributed by atoms with E-state index in [0.29, 0.717) is 27.5 Å². The summed E-state index contributed by atoms with van der Waals surface area (Å²) in [7, 11) is 1.50. The van der Waals surface area contributed by atoms with Crippen LogP contribution in [0.5, 0.6) is 5.75 Å². The number of amides is 1. The predicted octanol–water partition coefficient (Wildman–Crippen LogP) is 2.70. The maximum atomic E-state index is 12.4. The van der Waals surface area contributed by atoms with E-state index in [9.17, 15) is 9.59 Å². The van der Waals surface area contributed by atoms with Gasteiger partial charge in [0.05, 0.1) is 30.0 Å². The quantitative estimate of drug-likeness (QED) is 0.790. The smallest absolute Gasteiger partial charge is 0.269 e. The monoisotopic (exact) mass is 343 g/mol. The van der Waals surface area contributed by atoms with Gasteiger partial charge in [-0.25, -0.2) is 4.98 Å². The van der Waals surface area contributed by atoms with E-state index >= 15 is 0 Å². The van der Waals surface area contributed by atoms with Gasteiger partial charge in [0.1, 0.15) is 12.3 Å². The largest absolute Gasteiger partial charge is 0.495 e. The average Bonchev–Trinajstić information content (AvgIpc) is 2.58. The molecule has 0 aliphatic carbocycles. The SMILES string of the molecule is COc1ccc(Cl)cc1NC(=O)Cn1c(=O)cnc2ccccc21. The van der Waals surface area contributed by atoms with Gasteiger partial charge in [-0.1, -0.05) is 23.7 Å². The van der Waals surface area contributed by atoms with E-state index in [1.165, 1.54) is 17.9 Å². The van der Waals surface area contributed by atoms with Crippen molar-refractivity contribution in [3.05, 3.63) is 64.0 Å². The Bertz CT molecular complexity index is 969. The highest BCUT2D eigenvalue weighted by Gasteiger charge is 2.12. The number of carbonyl (C=O) groups is 1. The van der Waals surface area contributed by atoms with Gasteiger partial charge < -0.3 is 10.1 Å². The van der Waals surface area contributed by atoms with Crippen LogP contribution in [0.25, 0.3) is 11.0 Å². The number of hydrogen-bond acceptors (Lipinski definition) is 4. The number of methoxy groups -OCH3 is 1. The van der Waals surface area contributed by atoms with Crippen molar-refractivity contribution in [2.75, 3.05) is 12.4 Å². The summed E-state index contributed by atoms with van der Waals surface area (Å²) in [6.45, 7) is -0.141. The van der Waals surface area contributed by atoms with Gasteiger partial charge in [0.2, 0.25) is 5.91 Å². The number of nitrogens with one attached hydrogen (secondary N) is 1. The molecule has 0 radical (unpaired) electrons. The number of anilines is 1. The third kappa shape index (κ3) is 3.23. The third-order valence-corrected chi connectivity index (χ3v) is 3.73. The van der Waals surface area contributed by atoms with Gasteiger partial charge in [-0.05, 0) is 30.3 Å². The lowest BCUT2D eigenvalue weighted by Gasteiger charge is -2.12. The van der Waals surface area contributed by atoms with Crippen molar-refractivity contribution in [2.24, 2.45) is 0 Å². The number of fused-ring (bicyclic) bond motifs is 1.